The molecule has 0 heteroatoms. The van der Waals surface area contributed by atoms with Gasteiger partial charge in [-0.3, -0.25) is 0 Å². The van der Waals surface area contributed by atoms with Crippen LogP contribution in [0.3, 0.4) is 0 Å². The Hall–Kier alpha value is 0. The third-order valence-electron chi connectivity index (χ3n) is 11.0. The van der Waals surface area contributed by atoms with Gasteiger partial charge in [-0.05, 0) is 111 Å². The van der Waals surface area contributed by atoms with Crippen LogP contribution in [0.2, 0.25) is 0 Å². The smallest absolute Gasteiger partial charge is 0.0266 e. The molecule has 0 N–H and O–H groups in total. The molecule has 8 atom stereocenters. The minimum atomic E-state index is 0.704. The molecule has 0 heterocycles. The molecule has 3 unspecified atom stereocenters. The first-order chi connectivity index (χ1) is 14.0. The van der Waals surface area contributed by atoms with Gasteiger partial charge in [-0.25, -0.2) is 0 Å². The number of hydrogen-bond acceptors (Lipinski definition) is 0. The van der Waals surface area contributed by atoms with E-state index in [0.29, 0.717) is 10.8 Å². The molecule has 4 rings (SSSR count). The highest BCUT2D eigenvalue weighted by Crippen LogP contribution is 2.68. The van der Waals surface area contributed by atoms with Crippen molar-refractivity contribution in [2.24, 2.45) is 46.3 Å². The largest absolute Gasteiger partial charge is 0.0683 e. The van der Waals surface area contributed by atoms with E-state index in [2.05, 4.69) is 27.7 Å². The molecule has 0 spiro atoms. The number of unbranched alkanes of at least 4 members (excludes halogenated alkanes) is 3. The molecular weight excluding hydrogens is 348 g/mol. The van der Waals surface area contributed by atoms with Crippen LogP contribution in [0.15, 0.2) is 0 Å². The van der Waals surface area contributed by atoms with Crippen molar-refractivity contribution in [2.45, 2.75) is 138 Å². The lowest BCUT2D eigenvalue weighted by molar-refractivity contribution is -0.118. The zero-order chi connectivity index (χ0) is 21.1. The van der Waals surface area contributed by atoms with E-state index in [1.807, 2.05) is 13.8 Å². The van der Waals surface area contributed by atoms with Gasteiger partial charge in [0.2, 0.25) is 0 Å². The number of fused-ring (bicyclic) bond motifs is 5. The normalized spacial score (nSPS) is 46.1. The fraction of sp³-hybridized carbons (Fsp3) is 1.00. The molecule has 0 bridgehead atoms. The van der Waals surface area contributed by atoms with Crippen LogP contribution in [0, 0.1) is 46.3 Å². The van der Waals surface area contributed by atoms with Gasteiger partial charge in [0.1, 0.15) is 0 Å². The summed E-state index contributed by atoms with van der Waals surface area (Å²) >= 11 is 0. The maximum atomic E-state index is 2.75. The van der Waals surface area contributed by atoms with Crippen molar-refractivity contribution in [3.8, 4) is 0 Å². The fourth-order valence-electron chi connectivity index (χ4n) is 9.12. The van der Waals surface area contributed by atoms with E-state index in [9.17, 15) is 0 Å². The highest BCUT2D eigenvalue weighted by molar-refractivity contribution is 5.09. The first-order valence-electron chi connectivity index (χ1n) is 14.0. The third-order valence-corrected chi connectivity index (χ3v) is 11.0. The third kappa shape index (κ3) is 4.35. The van der Waals surface area contributed by atoms with Gasteiger partial charge in [0.15, 0.2) is 0 Å². The second kappa shape index (κ2) is 10.1. The Kier molecular flexibility index (Phi) is 8.22. The average molecular weight is 403 g/mol. The van der Waals surface area contributed by atoms with Gasteiger partial charge in [0, 0.05) is 0 Å². The summed E-state index contributed by atoms with van der Waals surface area (Å²) in [4.78, 5) is 0. The van der Waals surface area contributed by atoms with Crippen LogP contribution in [-0.2, 0) is 0 Å². The topological polar surface area (TPSA) is 0 Å². The van der Waals surface area contributed by atoms with Crippen LogP contribution < -0.4 is 0 Å². The van der Waals surface area contributed by atoms with Gasteiger partial charge in [0.25, 0.3) is 0 Å². The minimum absolute atomic E-state index is 0.704. The number of hydrogen-bond donors (Lipinski definition) is 0. The first kappa shape index (κ1) is 23.7. The molecule has 0 nitrogen and oxygen atoms in total. The van der Waals surface area contributed by atoms with Gasteiger partial charge in [-0.1, -0.05) is 73.6 Å². The van der Waals surface area contributed by atoms with Crippen LogP contribution in [0.5, 0.6) is 0 Å². The lowest BCUT2D eigenvalue weighted by Gasteiger charge is -2.61. The molecule has 4 aliphatic carbocycles. The first-order valence-corrected chi connectivity index (χ1v) is 14.0. The molecule has 0 saturated heterocycles. The summed E-state index contributed by atoms with van der Waals surface area (Å²) in [6.07, 6.45) is 22.9. The van der Waals surface area contributed by atoms with E-state index in [1.165, 1.54) is 38.5 Å². The maximum Gasteiger partial charge on any atom is -0.0266 e. The summed E-state index contributed by atoms with van der Waals surface area (Å²) in [6.45, 7) is 14.3. The van der Waals surface area contributed by atoms with E-state index in [0.717, 1.165) is 35.5 Å². The molecule has 0 aromatic heterocycles. The van der Waals surface area contributed by atoms with E-state index >= 15 is 0 Å². The van der Waals surface area contributed by atoms with Crippen molar-refractivity contribution in [1.29, 1.82) is 0 Å². The Morgan fingerprint density at radius 3 is 2.17 bits per heavy atom. The molecule has 0 aliphatic heterocycles. The van der Waals surface area contributed by atoms with Crippen LogP contribution in [-0.4, -0.2) is 0 Å². The van der Waals surface area contributed by atoms with Crippen LogP contribution in [0.4, 0.5) is 0 Å². The average Bonchev–Trinajstić information content (AvgIpc) is 3.08. The monoisotopic (exact) mass is 402 g/mol. The van der Waals surface area contributed by atoms with Crippen LogP contribution in [0.1, 0.15) is 138 Å². The fourth-order valence-corrected chi connectivity index (χ4v) is 9.12. The van der Waals surface area contributed by atoms with Crippen molar-refractivity contribution in [3.63, 3.8) is 0 Å². The molecule has 0 aromatic carbocycles. The molecule has 29 heavy (non-hydrogen) atoms. The van der Waals surface area contributed by atoms with Gasteiger partial charge >= 0.3 is 0 Å². The molecule has 0 radical (unpaired) electrons. The molecule has 4 saturated carbocycles. The van der Waals surface area contributed by atoms with Gasteiger partial charge < -0.3 is 0 Å². The molecule has 4 aliphatic rings. The zero-order valence-corrected chi connectivity index (χ0v) is 21.1. The van der Waals surface area contributed by atoms with Crippen molar-refractivity contribution >= 4 is 0 Å². The van der Waals surface area contributed by atoms with Crippen molar-refractivity contribution in [1.82, 2.24) is 0 Å². The molecule has 0 amide bonds. The SMILES string of the molecule is CC.CCCCCCC1CCC2[C@@H]3CC[C@@H]4C[C@@H](CC)CC[C@]4(C)C3CC[C@]12C. The van der Waals surface area contributed by atoms with E-state index in [-0.39, 0.29) is 0 Å². The Morgan fingerprint density at radius 1 is 0.724 bits per heavy atom. The van der Waals surface area contributed by atoms with Crippen LogP contribution in [0.25, 0.3) is 0 Å². The second-order valence-corrected chi connectivity index (χ2v) is 11.9. The summed E-state index contributed by atoms with van der Waals surface area (Å²) in [6, 6.07) is 0. The van der Waals surface area contributed by atoms with Crippen molar-refractivity contribution in [3.05, 3.63) is 0 Å². The summed E-state index contributed by atoms with van der Waals surface area (Å²) in [5, 5.41) is 0. The second-order valence-electron chi connectivity index (χ2n) is 11.9. The lowest BCUT2D eigenvalue weighted by Crippen LogP contribution is -2.53. The van der Waals surface area contributed by atoms with Crippen molar-refractivity contribution < 1.29 is 0 Å². The molecule has 0 aromatic rings. The summed E-state index contributed by atoms with van der Waals surface area (Å²) in [7, 11) is 0. The highest BCUT2D eigenvalue weighted by atomic mass is 14.6. The zero-order valence-electron chi connectivity index (χ0n) is 21.1. The highest BCUT2D eigenvalue weighted by Gasteiger charge is 2.59. The quantitative estimate of drug-likeness (QED) is 0.388. The Balaban J connectivity index is 0.00000117. The Morgan fingerprint density at radius 2 is 1.45 bits per heavy atom. The predicted octanol–water partition coefficient (Wildman–Crippen LogP) is 9.67. The van der Waals surface area contributed by atoms with E-state index in [1.54, 1.807) is 57.8 Å². The van der Waals surface area contributed by atoms with E-state index < -0.39 is 0 Å². The Bertz CT molecular complexity index is 494. The summed E-state index contributed by atoms with van der Waals surface area (Å²) in [5.41, 5.74) is 1.41. The predicted molar refractivity (Wildman–Crippen MR) is 129 cm³/mol. The van der Waals surface area contributed by atoms with Gasteiger partial charge in [-0.15, -0.1) is 0 Å². The lowest BCUT2D eigenvalue weighted by atomic mass is 9.44. The van der Waals surface area contributed by atoms with E-state index in [4.69, 9.17) is 0 Å². The Labute approximate surface area is 184 Å². The van der Waals surface area contributed by atoms with Gasteiger partial charge in [-0.2, -0.15) is 0 Å². The van der Waals surface area contributed by atoms with Crippen LogP contribution >= 0.6 is 0 Å². The summed E-state index contributed by atoms with van der Waals surface area (Å²) in [5.74, 6) is 6.41. The summed E-state index contributed by atoms with van der Waals surface area (Å²) < 4.78 is 0. The molecular formula is C29H54. The van der Waals surface area contributed by atoms with Crippen molar-refractivity contribution in [2.75, 3.05) is 0 Å². The molecule has 4 fully saturated rings. The molecule has 170 valence electrons. The maximum absolute atomic E-state index is 2.75. The standard InChI is InChI=1S/C27H48.C2H6/c1-5-7-8-9-10-21-12-14-24-23-13-11-22-19-20(6-2)15-17-27(22,4)25(23)16-18-26(21,24)3;1-2/h20-25H,5-19H2,1-4H3;1-2H3/t20-,21?,22+,23-,24?,25?,26+,27-;/m0./s1. The van der Waals surface area contributed by atoms with Gasteiger partial charge in [0.05, 0.1) is 0 Å². The number of rotatable bonds is 6. The minimum Gasteiger partial charge on any atom is -0.0683 e.